The second kappa shape index (κ2) is 7.16. The molecule has 20 heavy (non-hydrogen) atoms. The van der Waals surface area contributed by atoms with Crippen molar-refractivity contribution in [3.8, 4) is 0 Å². The number of halogens is 1. The summed E-state index contributed by atoms with van der Waals surface area (Å²) in [5.41, 5.74) is 7.04. The van der Waals surface area contributed by atoms with E-state index in [0.29, 0.717) is 0 Å². The molecule has 3 nitrogen and oxygen atoms in total. The summed E-state index contributed by atoms with van der Waals surface area (Å²) in [7, 11) is 0. The van der Waals surface area contributed by atoms with Gasteiger partial charge in [-0.05, 0) is 19.0 Å². The number of piperazine rings is 1. The Labute approximate surface area is 121 Å². The van der Waals surface area contributed by atoms with E-state index < -0.39 is 0 Å². The third-order valence-electron chi connectivity index (χ3n) is 4.35. The summed E-state index contributed by atoms with van der Waals surface area (Å²) >= 11 is 0. The van der Waals surface area contributed by atoms with Crippen LogP contribution in [0.4, 0.5) is 4.39 Å². The van der Waals surface area contributed by atoms with Crippen molar-refractivity contribution in [2.24, 2.45) is 5.73 Å². The minimum atomic E-state index is -0.140. The summed E-state index contributed by atoms with van der Waals surface area (Å²) in [6.07, 6.45) is 0.854. The Morgan fingerprint density at radius 3 is 2.35 bits per heavy atom. The second-order valence-electron chi connectivity index (χ2n) is 5.51. The lowest BCUT2D eigenvalue weighted by molar-refractivity contribution is 0.0848. The second-order valence-corrected chi connectivity index (χ2v) is 5.51. The van der Waals surface area contributed by atoms with Gasteiger partial charge in [0.2, 0.25) is 0 Å². The van der Waals surface area contributed by atoms with Crippen LogP contribution in [0.3, 0.4) is 0 Å². The van der Waals surface area contributed by atoms with E-state index in [9.17, 15) is 4.39 Å². The maximum atomic E-state index is 14.1. The largest absolute Gasteiger partial charge is 0.326 e. The van der Waals surface area contributed by atoms with Crippen LogP contribution in [0, 0.1) is 5.82 Å². The SMILES string of the molecule is CCC(N)C(c1ccccc1F)N1CCN(CC)CC1. The minimum Gasteiger partial charge on any atom is -0.326 e. The fourth-order valence-corrected chi connectivity index (χ4v) is 2.99. The molecule has 1 aromatic carbocycles. The number of benzene rings is 1. The molecule has 0 bridgehead atoms. The number of hydrogen-bond acceptors (Lipinski definition) is 3. The van der Waals surface area contributed by atoms with Crippen molar-refractivity contribution in [1.82, 2.24) is 9.80 Å². The van der Waals surface area contributed by atoms with Gasteiger partial charge in [-0.25, -0.2) is 4.39 Å². The quantitative estimate of drug-likeness (QED) is 0.897. The minimum absolute atomic E-state index is 0.0137. The molecule has 1 heterocycles. The van der Waals surface area contributed by atoms with Gasteiger partial charge in [-0.2, -0.15) is 0 Å². The van der Waals surface area contributed by atoms with Gasteiger partial charge in [-0.15, -0.1) is 0 Å². The van der Waals surface area contributed by atoms with Crippen molar-refractivity contribution in [2.45, 2.75) is 32.4 Å². The van der Waals surface area contributed by atoms with Crippen molar-refractivity contribution in [2.75, 3.05) is 32.7 Å². The zero-order chi connectivity index (χ0) is 14.5. The summed E-state index contributed by atoms with van der Waals surface area (Å²) in [6.45, 7) is 9.33. The number of nitrogens with zero attached hydrogens (tertiary/aromatic N) is 2. The first kappa shape index (κ1) is 15.4. The fraction of sp³-hybridized carbons (Fsp3) is 0.625. The lowest BCUT2D eigenvalue weighted by Gasteiger charge is -2.41. The Morgan fingerprint density at radius 1 is 1.15 bits per heavy atom. The number of rotatable bonds is 5. The molecule has 0 radical (unpaired) electrons. The first-order chi connectivity index (χ1) is 9.67. The molecule has 0 aliphatic carbocycles. The molecule has 2 rings (SSSR count). The van der Waals surface area contributed by atoms with Crippen LogP contribution in [-0.2, 0) is 0 Å². The van der Waals surface area contributed by atoms with Gasteiger partial charge in [0.25, 0.3) is 0 Å². The molecule has 2 N–H and O–H groups in total. The van der Waals surface area contributed by atoms with Crippen LogP contribution in [0.5, 0.6) is 0 Å². The monoisotopic (exact) mass is 279 g/mol. The summed E-state index contributed by atoms with van der Waals surface area (Å²) in [5.74, 6) is -0.140. The summed E-state index contributed by atoms with van der Waals surface area (Å²) in [6, 6.07) is 7.01. The summed E-state index contributed by atoms with van der Waals surface area (Å²) in [5, 5.41) is 0. The first-order valence-corrected chi connectivity index (χ1v) is 7.63. The number of likely N-dealkylation sites (N-methyl/N-ethyl adjacent to an activating group) is 1. The van der Waals surface area contributed by atoms with Gasteiger partial charge in [0, 0.05) is 37.8 Å². The third kappa shape index (κ3) is 3.37. The highest BCUT2D eigenvalue weighted by Gasteiger charge is 2.30. The summed E-state index contributed by atoms with van der Waals surface area (Å²) < 4.78 is 14.1. The average Bonchev–Trinajstić information content (AvgIpc) is 2.50. The van der Waals surface area contributed by atoms with Gasteiger partial charge in [0.1, 0.15) is 5.82 Å². The molecule has 0 spiro atoms. The first-order valence-electron chi connectivity index (χ1n) is 7.63. The highest BCUT2D eigenvalue weighted by atomic mass is 19.1. The standard InChI is InChI=1S/C16H26FN3/c1-3-15(18)16(13-7-5-6-8-14(13)17)20-11-9-19(4-2)10-12-20/h5-8,15-16H,3-4,9-12,18H2,1-2H3. The molecule has 1 aromatic rings. The zero-order valence-electron chi connectivity index (χ0n) is 12.6. The van der Waals surface area contributed by atoms with Crippen LogP contribution in [0.2, 0.25) is 0 Å². The van der Waals surface area contributed by atoms with Gasteiger partial charge in [0.15, 0.2) is 0 Å². The van der Waals surface area contributed by atoms with Gasteiger partial charge in [-0.3, -0.25) is 4.90 Å². The van der Waals surface area contributed by atoms with E-state index >= 15 is 0 Å². The van der Waals surface area contributed by atoms with Crippen molar-refractivity contribution in [3.63, 3.8) is 0 Å². The Bertz CT molecular complexity index is 416. The van der Waals surface area contributed by atoms with Crippen molar-refractivity contribution < 1.29 is 4.39 Å². The molecule has 0 saturated carbocycles. The highest BCUT2D eigenvalue weighted by molar-refractivity contribution is 5.23. The van der Waals surface area contributed by atoms with Crippen molar-refractivity contribution in [3.05, 3.63) is 35.6 Å². The Balaban J connectivity index is 2.19. The summed E-state index contributed by atoms with van der Waals surface area (Å²) in [4.78, 5) is 4.77. The highest BCUT2D eigenvalue weighted by Crippen LogP contribution is 2.28. The van der Waals surface area contributed by atoms with Gasteiger partial charge in [-0.1, -0.05) is 32.0 Å². The lowest BCUT2D eigenvalue weighted by Crippen LogP contribution is -2.51. The molecule has 112 valence electrons. The van der Waals surface area contributed by atoms with E-state index in [4.69, 9.17) is 5.73 Å². The van der Waals surface area contributed by atoms with Gasteiger partial charge < -0.3 is 10.6 Å². The molecule has 2 atom stereocenters. The van der Waals surface area contributed by atoms with Crippen LogP contribution < -0.4 is 5.73 Å². The van der Waals surface area contributed by atoms with Gasteiger partial charge >= 0.3 is 0 Å². The van der Waals surface area contributed by atoms with E-state index in [2.05, 4.69) is 23.6 Å². The molecule has 4 heteroatoms. The topological polar surface area (TPSA) is 32.5 Å². The average molecular weight is 279 g/mol. The van der Waals surface area contributed by atoms with Crippen LogP contribution in [-0.4, -0.2) is 48.6 Å². The molecule has 0 aromatic heterocycles. The Morgan fingerprint density at radius 2 is 1.80 bits per heavy atom. The van der Waals surface area contributed by atoms with Crippen LogP contribution in [0.15, 0.2) is 24.3 Å². The van der Waals surface area contributed by atoms with E-state index in [1.807, 2.05) is 12.1 Å². The third-order valence-corrected chi connectivity index (χ3v) is 4.35. The van der Waals surface area contributed by atoms with Crippen molar-refractivity contribution in [1.29, 1.82) is 0 Å². The number of nitrogens with two attached hydrogens (primary N) is 1. The van der Waals surface area contributed by atoms with E-state index in [0.717, 1.165) is 44.7 Å². The normalized spacial score (nSPS) is 20.8. The van der Waals surface area contributed by atoms with Crippen molar-refractivity contribution >= 4 is 0 Å². The predicted octanol–water partition coefficient (Wildman–Crippen LogP) is 2.24. The molecular weight excluding hydrogens is 253 g/mol. The molecule has 1 aliphatic rings. The molecular formula is C16H26FN3. The maximum Gasteiger partial charge on any atom is 0.128 e. The molecule has 1 aliphatic heterocycles. The maximum absolute atomic E-state index is 14.1. The molecule has 1 saturated heterocycles. The smallest absolute Gasteiger partial charge is 0.128 e. The predicted molar refractivity (Wildman–Crippen MR) is 81.1 cm³/mol. The molecule has 0 amide bonds. The lowest BCUT2D eigenvalue weighted by atomic mass is 9.95. The van der Waals surface area contributed by atoms with E-state index in [1.165, 1.54) is 6.07 Å². The van der Waals surface area contributed by atoms with Crippen LogP contribution in [0.1, 0.15) is 31.9 Å². The zero-order valence-corrected chi connectivity index (χ0v) is 12.6. The van der Waals surface area contributed by atoms with E-state index in [1.54, 1.807) is 6.07 Å². The Hall–Kier alpha value is -0.970. The Kier molecular flexibility index (Phi) is 5.52. The van der Waals surface area contributed by atoms with Crippen LogP contribution in [0.25, 0.3) is 0 Å². The molecule has 1 fully saturated rings. The fourth-order valence-electron chi connectivity index (χ4n) is 2.99. The number of hydrogen-bond donors (Lipinski definition) is 1. The van der Waals surface area contributed by atoms with Crippen LogP contribution >= 0.6 is 0 Å². The van der Waals surface area contributed by atoms with E-state index in [-0.39, 0.29) is 17.9 Å². The van der Waals surface area contributed by atoms with Gasteiger partial charge in [0.05, 0.1) is 6.04 Å². The molecule has 2 unspecified atom stereocenters.